The molecule has 198 valence electrons. The summed E-state index contributed by atoms with van der Waals surface area (Å²) in [4.78, 5) is 12.7. The Morgan fingerprint density at radius 2 is 1.56 bits per heavy atom. The third-order valence-corrected chi connectivity index (χ3v) is 8.98. The Morgan fingerprint density at radius 3 is 2.29 bits per heavy atom. The molecular formula is C28H50O6. The zero-order valence-electron chi connectivity index (χ0n) is 21.6. The molecule has 0 amide bonds. The molecule has 0 heterocycles. The Morgan fingerprint density at radius 1 is 0.882 bits per heavy atom. The van der Waals surface area contributed by atoms with Crippen LogP contribution in [-0.2, 0) is 14.3 Å². The monoisotopic (exact) mass is 482 g/mol. The number of hydrogen-bond donors (Lipinski definition) is 3. The van der Waals surface area contributed by atoms with Gasteiger partial charge in [0, 0.05) is 6.61 Å². The largest absolute Gasteiger partial charge is 0.465 e. The molecule has 0 radical (unpaired) electrons. The van der Waals surface area contributed by atoms with E-state index < -0.39 is 12.2 Å². The molecule has 3 aliphatic rings. The normalized spacial score (nSPS) is 37.8. The summed E-state index contributed by atoms with van der Waals surface area (Å²) in [6.07, 6.45) is 10.7. The van der Waals surface area contributed by atoms with E-state index in [2.05, 4.69) is 13.8 Å². The van der Waals surface area contributed by atoms with Crippen molar-refractivity contribution in [1.29, 1.82) is 0 Å². The van der Waals surface area contributed by atoms with E-state index in [1.54, 1.807) is 0 Å². The highest BCUT2D eigenvalue weighted by atomic mass is 16.5. The van der Waals surface area contributed by atoms with Gasteiger partial charge in [-0.15, -0.1) is 0 Å². The quantitative estimate of drug-likeness (QED) is 0.376. The van der Waals surface area contributed by atoms with Gasteiger partial charge in [0.2, 0.25) is 0 Å². The first kappa shape index (κ1) is 27.9. The molecule has 6 heteroatoms. The summed E-state index contributed by atoms with van der Waals surface area (Å²) in [5.41, 5.74) is 0. The molecule has 7 unspecified atom stereocenters. The number of carbonyl (C=O) groups excluding carboxylic acids is 1. The van der Waals surface area contributed by atoms with Gasteiger partial charge in [-0.3, -0.25) is 4.79 Å². The highest BCUT2D eigenvalue weighted by Crippen LogP contribution is 2.35. The molecule has 0 bridgehead atoms. The van der Waals surface area contributed by atoms with Crippen LogP contribution in [0.2, 0.25) is 0 Å². The predicted octanol–water partition coefficient (Wildman–Crippen LogP) is 4.48. The second kappa shape index (κ2) is 14.2. The third-order valence-electron chi connectivity index (χ3n) is 8.98. The highest BCUT2D eigenvalue weighted by Gasteiger charge is 2.35. The lowest BCUT2D eigenvalue weighted by molar-refractivity contribution is -0.153. The van der Waals surface area contributed by atoms with Gasteiger partial charge in [0.15, 0.2) is 0 Å². The summed E-state index contributed by atoms with van der Waals surface area (Å²) in [6, 6.07) is 0. The fraction of sp³-hybridized carbons (Fsp3) is 0.964. The van der Waals surface area contributed by atoms with Gasteiger partial charge in [-0.2, -0.15) is 0 Å². The molecule has 34 heavy (non-hydrogen) atoms. The molecule has 0 aliphatic heterocycles. The van der Waals surface area contributed by atoms with E-state index in [1.807, 2.05) is 0 Å². The van der Waals surface area contributed by atoms with Crippen LogP contribution in [0.1, 0.15) is 97.3 Å². The minimum Gasteiger partial charge on any atom is -0.465 e. The first-order chi connectivity index (χ1) is 16.4. The van der Waals surface area contributed by atoms with E-state index >= 15 is 0 Å². The summed E-state index contributed by atoms with van der Waals surface area (Å²) in [7, 11) is 0. The molecule has 7 atom stereocenters. The Labute approximate surface area is 206 Å². The number of aliphatic hydroxyl groups is 3. The molecule has 0 aromatic heterocycles. The number of esters is 1. The van der Waals surface area contributed by atoms with Gasteiger partial charge in [0.25, 0.3) is 0 Å². The first-order valence-corrected chi connectivity index (χ1v) is 14.1. The van der Waals surface area contributed by atoms with Gasteiger partial charge >= 0.3 is 5.97 Å². The van der Waals surface area contributed by atoms with Crippen LogP contribution in [0.5, 0.6) is 0 Å². The standard InChI is InChI=1S/C28H50O6/c1-3-22-14-21(8-12-26(22)30)17-34-28(32)24-10-13-27(31)23(15-24)9-11-25(29)18-33-16-20-6-4-19(2)5-7-20/h19-27,29-31H,3-18H2,1-2H3. The van der Waals surface area contributed by atoms with Gasteiger partial charge < -0.3 is 24.8 Å². The SMILES string of the molecule is CCC1CC(COC(=O)C2CCC(O)C(CCC(O)COCC3CCC(C)CC3)C2)CCC1O. The zero-order valence-corrected chi connectivity index (χ0v) is 21.6. The number of aliphatic hydroxyl groups excluding tert-OH is 3. The van der Waals surface area contributed by atoms with E-state index in [9.17, 15) is 20.1 Å². The Kier molecular flexibility index (Phi) is 11.6. The van der Waals surface area contributed by atoms with Crippen LogP contribution >= 0.6 is 0 Å². The maximum absolute atomic E-state index is 12.7. The number of carbonyl (C=O) groups is 1. The highest BCUT2D eigenvalue weighted by molar-refractivity contribution is 5.72. The fourth-order valence-corrected chi connectivity index (χ4v) is 6.38. The van der Waals surface area contributed by atoms with E-state index in [-0.39, 0.29) is 23.9 Å². The maximum Gasteiger partial charge on any atom is 0.308 e. The fourth-order valence-electron chi connectivity index (χ4n) is 6.38. The maximum atomic E-state index is 12.7. The third kappa shape index (κ3) is 8.76. The van der Waals surface area contributed by atoms with Gasteiger partial charge in [0.05, 0.1) is 37.4 Å². The molecule has 3 aliphatic carbocycles. The van der Waals surface area contributed by atoms with Crippen LogP contribution in [0, 0.1) is 35.5 Å². The smallest absolute Gasteiger partial charge is 0.308 e. The molecule has 3 fully saturated rings. The van der Waals surface area contributed by atoms with Gasteiger partial charge in [-0.1, -0.05) is 33.1 Å². The molecule has 6 nitrogen and oxygen atoms in total. The number of ether oxygens (including phenoxy) is 2. The minimum atomic E-state index is -0.518. The molecule has 0 saturated heterocycles. The summed E-state index contributed by atoms with van der Waals surface area (Å²) in [5.74, 6) is 1.84. The van der Waals surface area contributed by atoms with Crippen molar-refractivity contribution in [3.8, 4) is 0 Å². The average molecular weight is 483 g/mol. The van der Waals surface area contributed by atoms with Crippen LogP contribution in [0.15, 0.2) is 0 Å². The molecule has 0 aromatic carbocycles. The molecular weight excluding hydrogens is 432 g/mol. The Hall–Kier alpha value is -0.690. The number of hydrogen-bond acceptors (Lipinski definition) is 6. The number of rotatable bonds is 11. The van der Waals surface area contributed by atoms with E-state index in [0.29, 0.717) is 63.1 Å². The Bertz CT molecular complexity index is 589. The summed E-state index contributed by atoms with van der Waals surface area (Å²) in [5, 5.41) is 30.9. The lowest BCUT2D eigenvalue weighted by atomic mass is 9.77. The molecule has 3 N–H and O–H groups in total. The van der Waals surface area contributed by atoms with Crippen LogP contribution in [0.25, 0.3) is 0 Å². The van der Waals surface area contributed by atoms with Crippen molar-refractivity contribution in [1.82, 2.24) is 0 Å². The molecule has 0 aromatic rings. The first-order valence-electron chi connectivity index (χ1n) is 14.1. The second-order valence-electron chi connectivity index (χ2n) is 11.8. The Balaban J connectivity index is 1.32. The second-order valence-corrected chi connectivity index (χ2v) is 11.8. The predicted molar refractivity (Wildman–Crippen MR) is 132 cm³/mol. The lowest BCUT2D eigenvalue weighted by Crippen LogP contribution is -2.35. The molecule has 3 rings (SSSR count). The van der Waals surface area contributed by atoms with E-state index in [4.69, 9.17) is 9.47 Å². The van der Waals surface area contributed by atoms with Crippen molar-refractivity contribution < 1.29 is 29.6 Å². The van der Waals surface area contributed by atoms with Gasteiger partial charge in [-0.05, 0) is 93.8 Å². The van der Waals surface area contributed by atoms with Crippen molar-refractivity contribution in [2.45, 2.75) is 116 Å². The van der Waals surface area contributed by atoms with E-state index in [1.165, 1.54) is 25.7 Å². The van der Waals surface area contributed by atoms with Crippen molar-refractivity contribution in [3.63, 3.8) is 0 Å². The van der Waals surface area contributed by atoms with Crippen molar-refractivity contribution in [2.75, 3.05) is 19.8 Å². The van der Waals surface area contributed by atoms with Crippen LogP contribution in [0.4, 0.5) is 0 Å². The van der Waals surface area contributed by atoms with Crippen LogP contribution < -0.4 is 0 Å². The summed E-state index contributed by atoms with van der Waals surface area (Å²) < 4.78 is 11.5. The minimum absolute atomic E-state index is 0.0232. The van der Waals surface area contributed by atoms with Gasteiger partial charge in [0.1, 0.15) is 0 Å². The van der Waals surface area contributed by atoms with Crippen molar-refractivity contribution >= 4 is 5.97 Å². The summed E-state index contributed by atoms with van der Waals surface area (Å²) >= 11 is 0. The zero-order chi connectivity index (χ0) is 24.5. The summed E-state index contributed by atoms with van der Waals surface area (Å²) in [6.45, 7) is 5.96. The molecule has 0 spiro atoms. The van der Waals surface area contributed by atoms with Crippen molar-refractivity contribution in [3.05, 3.63) is 0 Å². The topological polar surface area (TPSA) is 96.2 Å². The van der Waals surface area contributed by atoms with Gasteiger partial charge in [-0.25, -0.2) is 0 Å². The van der Waals surface area contributed by atoms with Crippen LogP contribution in [-0.4, -0.2) is 59.4 Å². The molecule has 3 saturated carbocycles. The van der Waals surface area contributed by atoms with E-state index in [0.717, 1.165) is 38.2 Å². The average Bonchev–Trinajstić information content (AvgIpc) is 2.84. The van der Waals surface area contributed by atoms with Crippen molar-refractivity contribution in [2.24, 2.45) is 35.5 Å². The van der Waals surface area contributed by atoms with Crippen LogP contribution in [0.3, 0.4) is 0 Å². The lowest BCUT2D eigenvalue weighted by Gasteiger charge is -2.34.